The average Bonchev–Trinajstić information content (AvgIpc) is 2.49. The molecule has 0 saturated heterocycles. The summed E-state index contributed by atoms with van der Waals surface area (Å²) in [6.07, 6.45) is 3.11. The van der Waals surface area contributed by atoms with E-state index in [9.17, 15) is 14.7 Å². The standard InChI is InChI=1S/C19H26N2O3/c1-12-8-6-9-13(2)16(12)20-17(22)14-10-7-11-15(19(3,4)5)21(14)18(23)24/h6-9,11,14-15H,10H2,1-5H3,(H,20,22)(H,23,24)/t14?,15-/m0/s1. The van der Waals surface area contributed by atoms with Gasteiger partial charge in [-0.15, -0.1) is 0 Å². The lowest BCUT2D eigenvalue weighted by molar-refractivity contribution is -0.122. The minimum atomic E-state index is -1.07. The molecule has 0 fully saturated rings. The molecule has 0 saturated carbocycles. The zero-order valence-corrected chi connectivity index (χ0v) is 15.0. The number of carbonyl (C=O) groups is 2. The number of hydrogen-bond donors (Lipinski definition) is 2. The normalized spacial score (nSPS) is 20.8. The van der Waals surface area contributed by atoms with Crippen LogP contribution in [0.15, 0.2) is 30.4 Å². The number of nitrogens with zero attached hydrogens (tertiary/aromatic N) is 1. The van der Waals surface area contributed by atoms with Crippen LogP contribution in [0, 0.1) is 19.3 Å². The molecule has 0 aliphatic carbocycles. The van der Waals surface area contributed by atoms with Crippen molar-refractivity contribution in [3.8, 4) is 0 Å². The van der Waals surface area contributed by atoms with Crippen LogP contribution in [0.5, 0.6) is 0 Å². The van der Waals surface area contributed by atoms with Gasteiger partial charge in [-0.25, -0.2) is 4.79 Å². The average molecular weight is 330 g/mol. The maximum atomic E-state index is 12.8. The second-order valence-electron chi connectivity index (χ2n) is 7.44. The number of carboxylic acid groups (broad SMARTS) is 1. The lowest BCUT2D eigenvalue weighted by atomic mass is 9.82. The van der Waals surface area contributed by atoms with E-state index in [2.05, 4.69) is 5.32 Å². The summed E-state index contributed by atoms with van der Waals surface area (Å²) in [6, 6.07) is 4.73. The summed E-state index contributed by atoms with van der Waals surface area (Å²) in [7, 11) is 0. The van der Waals surface area contributed by atoms with E-state index in [0.717, 1.165) is 16.8 Å². The summed E-state index contributed by atoms with van der Waals surface area (Å²) >= 11 is 0. The van der Waals surface area contributed by atoms with E-state index in [-0.39, 0.29) is 17.4 Å². The van der Waals surface area contributed by atoms with Gasteiger partial charge >= 0.3 is 6.09 Å². The zero-order valence-electron chi connectivity index (χ0n) is 15.0. The molecule has 1 unspecified atom stereocenters. The van der Waals surface area contributed by atoms with Gasteiger partial charge in [-0.3, -0.25) is 9.69 Å². The molecule has 24 heavy (non-hydrogen) atoms. The molecule has 2 amide bonds. The highest BCUT2D eigenvalue weighted by atomic mass is 16.4. The largest absolute Gasteiger partial charge is 0.465 e. The van der Waals surface area contributed by atoms with Crippen LogP contribution in [0.2, 0.25) is 0 Å². The van der Waals surface area contributed by atoms with Crippen LogP contribution in [-0.4, -0.2) is 34.1 Å². The zero-order chi connectivity index (χ0) is 18.1. The van der Waals surface area contributed by atoms with Crippen molar-refractivity contribution >= 4 is 17.7 Å². The van der Waals surface area contributed by atoms with Gasteiger partial charge < -0.3 is 10.4 Å². The van der Waals surface area contributed by atoms with Gasteiger partial charge in [-0.2, -0.15) is 0 Å². The molecule has 0 radical (unpaired) electrons. The fraction of sp³-hybridized carbons (Fsp3) is 0.474. The maximum absolute atomic E-state index is 12.8. The molecule has 1 aromatic carbocycles. The van der Waals surface area contributed by atoms with Crippen molar-refractivity contribution < 1.29 is 14.7 Å². The molecule has 1 aromatic rings. The summed E-state index contributed by atoms with van der Waals surface area (Å²) < 4.78 is 0. The molecule has 0 aromatic heterocycles. The predicted molar refractivity (Wildman–Crippen MR) is 95.2 cm³/mol. The fourth-order valence-corrected chi connectivity index (χ4v) is 3.15. The molecule has 1 heterocycles. The monoisotopic (exact) mass is 330 g/mol. The molecule has 2 rings (SSSR count). The molecule has 2 atom stereocenters. The third-order valence-electron chi connectivity index (χ3n) is 4.45. The van der Waals surface area contributed by atoms with E-state index in [0.29, 0.717) is 6.42 Å². The molecular formula is C19H26N2O3. The Morgan fingerprint density at radius 1 is 1.21 bits per heavy atom. The number of benzene rings is 1. The lowest BCUT2D eigenvalue weighted by Crippen LogP contribution is -2.56. The minimum Gasteiger partial charge on any atom is -0.465 e. The van der Waals surface area contributed by atoms with Crippen LogP contribution in [0.1, 0.15) is 38.3 Å². The summed E-state index contributed by atoms with van der Waals surface area (Å²) in [5, 5.41) is 12.6. The van der Waals surface area contributed by atoms with Crippen LogP contribution in [-0.2, 0) is 4.79 Å². The Bertz CT molecular complexity index is 653. The van der Waals surface area contributed by atoms with Crippen molar-refractivity contribution in [2.24, 2.45) is 5.41 Å². The van der Waals surface area contributed by atoms with Gasteiger partial charge in [0.15, 0.2) is 0 Å². The van der Waals surface area contributed by atoms with Gasteiger partial charge in [0, 0.05) is 5.69 Å². The van der Waals surface area contributed by atoms with E-state index in [1.807, 2.05) is 65.0 Å². The number of aryl methyl sites for hydroxylation is 2. The minimum absolute atomic E-state index is 0.284. The lowest BCUT2D eigenvalue weighted by Gasteiger charge is -2.42. The van der Waals surface area contributed by atoms with Crippen molar-refractivity contribution in [3.63, 3.8) is 0 Å². The second-order valence-corrected chi connectivity index (χ2v) is 7.44. The Balaban J connectivity index is 2.31. The first kappa shape index (κ1) is 18.0. The number of nitrogens with one attached hydrogen (secondary N) is 1. The molecule has 2 N–H and O–H groups in total. The molecule has 0 spiro atoms. The van der Waals surface area contributed by atoms with Gasteiger partial charge in [-0.05, 0) is 36.8 Å². The maximum Gasteiger partial charge on any atom is 0.408 e. The third kappa shape index (κ3) is 3.61. The number of carbonyl (C=O) groups excluding carboxylic acids is 1. The van der Waals surface area contributed by atoms with Crippen LogP contribution in [0.3, 0.4) is 0 Å². The van der Waals surface area contributed by atoms with Crippen molar-refractivity contribution in [1.29, 1.82) is 0 Å². The Morgan fingerprint density at radius 3 is 2.29 bits per heavy atom. The van der Waals surface area contributed by atoms with Crippen molar-refractivity contribution in [3.05, 3.63) is 41.5 Å². The summed E-state index contributed by atoms with van der Waals surface area (Å²) in [5.74, 6) is -0.284. The first-order valence-corrected chi connectivity index (χ1v) is 8.18. The van der Waals surface area contributed by atoms with Crippen molar-refractivity contribution in [2.45, 2.75) is 53.1 Å². The summed E-state index contributed by atoms with van der Waals surface area (Å²) in [4.78, 5) is 25.9. The van der Waals surface area contributed by atoms with Crippen LogP contribution >= 0.6 is 0 Å². The second kappa shape index (κ2) is 6.67. The number of amides is 2. The van der Waals surface area contributed by atoms with E-state index in [4.69, 9.17) is 0 Å². The van der Waals surface area contributed by atoms with Crippen LogP contribution in [0.25, 0.3) is 0 Å². The predicted octanol–water partition coefficient (Wildman–Crippen LogP) is 3.97. The highest BCUT2D eigenvalue weighted by Gasteiger charge is 2.41. The van der Waals surface area contributed by atoms with Crippen molar-refractivity contribution in [1.82, 2.24) is 4.90 Å². The van der Waals surface area contributed by atoms with Gasteiger partial charge in [0.2, 0.25) is 5.91 Å². The molecule has 5 nitrogen and oxygen atoms in total. The van der Waals surface area contributed by atoms with Crippen molar-refractivity contribution in [2.75, 3.05) is 5.32 Å². The van der Waals surface area contributed by atoms with E-state index in [1.165, 1.54) is 4.90 Å². The molecular weight excluding hydrogens is 304 g/mol. The fourth-order valence-electron chi connectivity index (χ4n) is 3.15. The highest BCUT2D eigenvalue weighted by molar-refractivity contribution is 5.98. The quantitative estimate of drug-likeness (QED) is 0.806. The summed E-state index contributed by atoms with van der Waals surface area (Å²) in [6.45, 7) is 9.78. The SMILES string of the molecule is Cc1cccc(C)c1NC(=O)C1CC=C[C@@H](C(C)(C)C)N1C(=O)O. The van der Waals surface area contributed by atoms with Crippen LogP contribution < -0.4 is 5.32 Å². The number of rotatable bonds is 2. The van der Waals surface area contributed by atoms with Gasteiger partial charge in [-0.1, -0.05) is 51.1 Å². The summed E-state index contributed by atoms with van der Waals surface area (Å²) in [5.41, 5.74) is 2.40. The topological polar surface area (TPSA) is 69.6 Å². The number of para-hydroxylation sites is 1. The molecule has 1 aliphatic rings. The Morgan fingerprint density at radius 2 is 1.79 bits per heavy atom. The van der Waals surface area contributed by atoms with E-state index >= 15 is 0 Å². The molecule has 130 valence electrons. The number of hydrogen-bond acceptors (Lipinski definition) is 2. The van der Waals surface area contributed by atoms with E-state index in [1.54, 1.807) is 0 Å². The van der Waals surface area contributed by atoms with Gasteiger partial charge in [0.25, 0.3) is 0 Å². The van der Waals surface area contributed by atoms with Crippen LogP contribution in [0.4, 0.5) is 10.5 Å². The Kier molecular flexibility index (Phi) is 5.02. The molecule has 5 heteroatoms. The van der Waals surface area contributed by atoms with Gasteiger partial charge in [0.05, 0.1) is 6.04 Å². The highest BCUT2D eigenvalue weighted by Crippen LogP contribution is 2.32. The van der Waals surface area contributed by atoms with Gasteiger partial charge in [0.1, 0.15) is 6.04 Å². The van der Waals surface area contributed by atoms with E-state index < -0.39 is 12.1 Å². The number of anilines is 1. The molecule has 1 aliphatic heterocycles. The molecule has 0 bridgehead atoms. The third-order valence-corrected chi connectivity index (χ3v) is 4.45. The first-order chi connectivity index (χ1) is 11.1. The Hall–Kier alpha value is -2.30. The Labute approximate surface area is 143 Å². The first-order valence-electron chi connectivity index (χ1n) is 8.18. The smallest absolute Gasteiger partial charge is 0.408 e.